The van der Waals surface area contributed by atoms with E-state index < -0.39 is 0 Å². The molecule has 0 bridgehead atoms. The minimum Gasteiger partial charge on any atom is -0.395 e. The number of anilines is 2. The summed E-state index contributed by atoms with van der Waals surface area (Å²) >= 11 is 1.39. The van der Waals surface area contributed by atoms with Crippen molar-refractivity contribution in [2.24, 2.45) is 0 Å². The highest BCUT2D eigenvalue weighted by molar-refractivity contribution is 7.16. The number of nitrogens with two attached hydrogens (primary N) is 1. The third kappa shape index (κ3) is 2.28. The highest BCUT2D eigenvalue weighted by Crippen LogP contribution is 2.42. The fraction of sp³-hybridized carbons (Fsp3) is 0.357. The number of aromatic amines is 1. The Labute approximate surface area is 126 Å². The molecule has 0 aromatic carbocycles. The summed E-state index contributed by atoms with van der Waals surface area (Å²) < 4.78 is 0. The van der Waals surface area contributed by atoms with Gasteiger partial charge in [-0.25, -0.2) is 0 Å². The van der Waals surface area contributed by atoms with Gasteiger partial charge in [-0.05, 0) is 32.3 Å². The molecule has 1 amide bonds. The third-order valence-electron chi connectivity index (χ3n) is 3.76. The minimum absolute atomic E-state index is 0.199. The van der Waals surface area contributed by atoms with Crippen LogP contribution in [0.2, 0.25) is 0 Å². The van der Waals surface area contributed by atoms with Crippen molar-refractivity contribution in [2.75, 3.05) is 11.1 Å². The van der Waals surface area contributed by atoms with Crippen molar-refractivity contribution < 1.29 is 4.79 Å². The lowest BCUT2D eigenvalue weighted by Gasteiger charge is -2.02. The Kier molecular flexibility index (Phi) is 3.18. The highest BCUT2D eigenvalue weighted by Gasteiger charge is 2.30. The van der Waals surface area contributed by atoms with E-state index in [-0.39, 0.29) is 11.6 Å². The predicted octanol–water partition coefficient (Wildman–Crippen LogP) is 2.67. The lowest BCUT2D eigenvalue weighted by Crippen LogP contribution is -2.14. The van der Waals surface area contributed by atoms with E-state index in [0.29, 0.717) is 22.2 Å². The normalized spacial score (nSPS) is 14.0. The predicted molar refractivity (Wildman–Crippen MR) is 81.4 cm³/mol. The van der Waals surface area contributed by atoms with Crippen molar-refractivity contribution >= 4 is 27.9 Å². The van der Waals surface area contributed by atoms with Crippen LogP contribution >= 0.6 is 11.3 Å². The molecule has 108 valence electrons. The molecule has 7 heteroatoms. The first-order valence-corrected chi connectivity index (χ1v) is 7.49. The van der Waals surface area contributed by atoms with Crippen molar-refractivity contribution in [3.05, 3.63) is 27.4 Å². The van der Waals surface area contributed by atoms with Crippen LogP contribution in [0.3, 0.4) is 0 Å². The number of carbonyl (C=O) groups is 1. The number of hydrogen-bond acceptors (Lipinski definition) is 5. The summed E-state index contributed by atoms with van der Waals surface area (Å²) in [4.78, 5) is 13.3. The van der Waals surface area contributed by atoms with E-state index in [4.69, 9.17) is 5.73 Å². The van der Waals surface area contributed by atoms with E-state index in [0.717, 1.165) is 29.0 Å². The molecule has 0 atom stereocenters. The number of thiophene rings is 1. The van der Waals surface area contributed by atoms with E-state index in [9.17, 15) is 10.1 Å². The molecular weight excluding hydrogens is 286 g/mol. The Morgan fingerprint density at radius 3 is 2.86 bits per heavy atom. The molecule has 0 spiro atoms. The highest BCUT2D eigenvalue weighted by atomic mass is 32.1. The van der Waals surface area contributed by atoms with E-state index in [1.807, 2.05) is 13.8 Å². The van der Waals surface area contributed by atoms with Crippen LogP contribution in [0.25, 0.3) is 0 Å². The summed E-state index contributed by atoms with van der Waals surface area (Å²) in [5.41, 5.74) is 8.85. The van der Waals surface area contributed by atoms with Gasteiger partial charge in [-0.1, -0.05) is 0 Å². The molecule has 1 fully saturated rings. The minimum atomic E-state index is -0.381. The zero-order valence-electron chi connectivity index (χ0n) is 11.8. The van der Waals surface area contributed by atoms with Gasteiger partial charge in [-0.2, -0.15) is 10.4 Å². The number of H-pyrrole nitrogens is 1. The van der Waals surface area contributed by atoms with Crippen molar-refractivity contribution in [2.45, 2.75) is 32.6 Å². The number of hydrogen-bond donors (Lipinski definition) is 3. The van der Waals surface area contributed by atoms with Gasteiger partial charge >= 0.3 is 0 Å². The molecule has 1 aliphatic rings. The third-order valence-corrected chi connectivity index (χ3v) is 4.88. The second kappa shape index (κ2) is 4.90. The molecule has 2 aromatic rings. The van der Waals surface area contributed by atoms with Crippen molar-refractivity contribution in [1.82, 2.24) is 10.2 Å². The fourth-order valence-corrected chi connectivity index (χ4v) is 3.24. The summed E-state index contributed by atoms with van der Waals surface area (Å²) in [7, 11) is 0. The van der Waals surface area contributed by atoms with Gasteiger partial charge < -0.3 is 11.1 Å². The summed E-state index contributed by atoms with van der Waals surface area (Å²) in [5, 5.41) is 19.4. The largest absolute Gasteiger partial charge is 0.395 e. The molecule has 4 N–H and O–H groups in total. The van der Waals surface area contributed by atoms with Crippen LogP contribution in [-0.4, -0.2) is 16.1 Å². The quantitative estimate of drug-likeness (QED) is 0.809. The zero-order valence-corrected chi connectivity index (χ0v) is 12.6. The molecule has 0 unspecified atom stereocenters. The summed E-state index contributed by atoms with van der Waals surface area (Å²) in [5.74, 6) is 0.0216. The van der Waals surface area contributed by atoms with Gasteiger partial charge in [-0.15, -0.1) is 11.3 Å². The standard InChI is InChI=1S/C14H15N5OS/c1-6-7(2)21-14(9(6)5-15)17-13(20)12-10(16)11(18-19-12)8-3-4-8/h8H,3-4,16H2,1-2H3,(H,17,20)(H,18,19). The molecule has 1 aliphatic carbocycles. The van der Waals surface area contributed by atoms with E-state index >= 15 is 0 Å². The average Bonchev–Trinajstić information content (AvgIpc) is 3.16. The van der Waals surface area contributed by atoms with Crippen LogP contribution in [0.4, 0.5) is 10.7 Å². The van der Waals surface area contributed by atoms with Gasteiger partial charge in [0.2, 0.25) is 0 Å². The summed E-state index contributed by atoms with van der Waals surface area (Å²) in [6.45, 7) is 3.79. The molecule has 0 aliphatic heterocycles. The first-order valence-electron chi connectivity index (χ1n) is 6.68. The number of nitrogens with one attached hydrogen (secondary N) is 2. The molecule has 2 aromatic heterocycles. The number of aromatic nitrogens is 2. The Hall–Kier alpha value is -2.33. The molecule has 3 rings (SSSR count). The van der Waals surface area contributed by atoms with Crippen LogP contribution < -0.4 is 11.1 Å². The van der Waals surface area contributed by atoms with Crippen LogP contribution in [0, 0.1) is 25.2 Å². The average molecular weight is 301 g/mol. The van der Waals surface area contributed by atoms with Crippen LogP contribution in [0.1, 0.15) is 50.9 Å². The van der Waals surface area contributed by atoms with E-state index in [1.54, 1.807) is 0 Å². The van der Waals surface area contributed by atoms with Crippen LogP contribution in [0.5, 0.6) is 0 Å². The maximum absolute atomic E-state index is 12.3. The van der Waals surface area contributed by atoms with E-state index in [2.05, 4.69) is 21.6 Å². The van der Waals surface area contributed by atoms with Crippen LogP contribution in [0.15, 0.2) is 0 Å². The molecule has 2 heterocycles. The first-order chi connectivity index (χ1) is 10.0. The number of carbonyl (C=O) groups excluding carboxylic acids is 1. The van der Waals surface area contributed by atoms with E-state index in [1.165, 1.54) is 11.3 Å². The van der Waals surface area contributed by atoms with Gasteiger partial charge in [0, 0.05) is 10.8 Å². The van der Waals surface area contributed by atoms with Gasteiger partial charge in [0.05, 0.1) is 16.9 Å². The SMILES string of the molecule is Cc1sc(NC(=O)c2n[nH]c(C3CC3)c2N)c(C#N)c1C. The molecule has 21 heavy (non-hydrogen) atoms. The van der Waals surface area contributed by atoms with Gasteiger partial charge in [0.25, 0.3) is 5.91 Å². The van der Waals surface area contributed by atoms with Crippen molar-refractivity contribution in [3.63, 3.8) is 0 Å². The van der Waals surface area contributed by atoms with Gasteiger partial charge in [0.15, 0.2) is 5.69 Å². The number of nitrogen functional groups attached to an aromatic ring is 1. The smallest absolute Gasteiger partial charge is 0.278 e. The number of nitriles is 1. The molecule has 0 radical (unpaired) electrons. The second-order valence-corrected chi connectivity index (χ2v) is 6.45. The van der Waals surface area contributed by atoms with Crippen LogP contribution in [-0.2, 0) is 0 Å². The monoisotopic (exact) mass is 301 g/mol. The number of rotatable bonds is 3. The molecule has 0 saturated heterocycles. The number of nitrogens with zero attached hydrogens (tertiary/aromatic N) is 2. The fourth-order valence-electron chi connectivity index (χ4n) is 2.23. The Morgan fingerprint density at radius 2 is 2.24 bits per heavy atom. The molecule has 1 saturated carbocycles. The number of amides is 1. The summed E-state index contributed by atoms with van der Waals surface area (Å²) in [6.07, 6.45) is 2.16. The van der Waals surface area contributed by atoms with Crippen molar-refractivity contribution in [3.8, 4) is 6.07 Å². The maximum atomic E-state index is 12.3. The Bertz CT molecular complexity index is 763. The second-order valence-electron chi connectivity index (χ2n) is 5.23. The van der Waals surface area contributed by atoms with Gasteiger partial charge in [0.1, 0.15) is 11.1 Å². The van der Waals surface area contributed by atoms with Gasteiger partial charge in [-0.3, -0.25) is 9.89 Å². The summed E-state index contributed by atoms with van der Waals surface area (Å²) in [6, 6.07) is 2.13. The maximum Gasteiger partial charge on any atom is 0.278 e. The lowest BCUT2D eigenvalue weighted by atomic mass is 10.2. The number of aryl methyl sites for hydroxylation is 1. The lowest BCUT2D eigenvalue weighted by molar-refractivity contribution is 0.102. The Balaban J connectivity index is 1.87. The zero-order chi connectivity index (χ0) is 15.1. The first kappa shape index (κ1) is 13.6. The molecule has 6 nitrogen and oxygen atoms in total. The molecular formula is C14H15N5OS. The topological polar surface area (TPSA) is 108 Å². The Morgan fingerprint density at radius 1 is 1.52 bits per heavy atom. The van der Waals surface area contributed by atoms with Crippen molar-refractivity contribution in [1.29, 1.82) is 5.26 Å².